The Kier molecular flexibility index (Phi) is 7.92. The van der Waals surface area contributed by atoms with Gasteiger partial charge in [0.15, 0.2) is 0 Å². The summed E-state index contributed by atoms with van der Waals surface area (Å²) in [6.45, 7) is 5.67. The van der Waals surface area contributed by atoms with Crippen molar-refractivity contribution in [2.24, 2.45) is 0 Å². The van der Waals surface area contributed by atoms with E-state index in [0.717, 1.165) is 22.7 Å². The summed E-state index contributed by atoms with van der Waals surface area (Å²) in [4.78, 5) is 4.32. The summed E-state index contributed by atoms with van der Waals surface area (Å²) in [6.07, 6.45) is 7.39. The lowest BCUT2D eigenvalue weighted by Crippen LogP contribution is -2.46. The van der Waals surface area contributed by atoms with E-state index in [4.69, 9.17) is 0 Å². The molecule has 118 valence electrons. The van der Waals surface area contributed by atoms with Crippen LogP contribution >= 0.6 is 39.5 Å². The van der Waals surface area contributed by atoms with Gasteiger partial charge in [-0.1, -0.05) is 13.8 Å². The zero-order chi connectivity index (χ0) is 15.1. The maximum atomic E-state index is 4.32. The topological polar surface area (TPSA) is 24.9 Å². The second kappa shape index (κ2) is 9.43. The normalized spacial score (nSPS) is 24.0. The Labute approximate surface area is 145 Å². The van der Waals surface area contributed by atoms with E-state index in [2.05, 4.69) is 69.7 Å². The SMILES string of the molecule is CCCNC(Cc1cncc(Br)c1)C1SCCSC1CC. The summed E-state index contributed by atoms with van der Waals surface area (Å²) in [5, 5.41) is 5.28. The molecular weight excluding hydrogens is 364 g/mol. The average Bonchev–Trinajstić information content (AvgIpc) is 2.51. The third-order valence-corrected chi connectivity index (χ3v) is 7.61. The lowest BCUT2D eigenvalue weighted by atomic mass is 10.0. The number of rotatable bonds is 7. The Morgan fingerprint density at radius 3 is 2.86 bits per heavy atom. The molecule has 2 heterocycles. The van der Waals surface area contributed by atoms with Gasteiger partial charge >= 0.3 is 0 Å². The van der Waals surface area contributed by atoms with Crippen LogP contribution in [0.4, 0.5) is 0 Å². The van der Waals surface area contributed by atoms with Crippen molar-refractivity contribution in [3.8, 4) is 0 Å². The molecule has 1 aromatic heterocycles. The maximum absolute atomic E-state index is 4.32. The number of nitrogens with zero attached hydrogens (tertiary/aromatic N) is 1. The number of nitrogens with one attached hydrogen (secondary N) is 1. The molecule has 0 radical (unpaired) electrons. The summed E-state index contributed by atoms with van der Waals surface area (Å²) in [5.41, 5.74) is 1.32. The van der Waals surface area contributed by atoms with Crippen molar-refractivity contribution in [1.82, 2.24) is 10.3 Å². The van der Waals surface area contributed by atoms with E-state index in [-0.39, 0.29) is 0 Å². The maximum Gasteiger partial charge on any atom is 0.0410 e. The fraction of sp³-hybridized carbons (Fsp3) is 0.688. The molecule has 3 unspecified atom stereocenters. The summed E-state index contributed by atoms with van der Waals surface area (Å²) < 4.78 is 1.08. The fourth-order valence-corrected chi connectivity index (χ4v) is 6.44. The van der Waals surface area contributed by atoms with Gasteiger partial charge in [-0.05, 0) is 53.4 Å². The van der Waals surface area contributed by atoms with Gasteiger partial charge in [-0.2, -0.15) is 23.5 Å². The Morgan fingerprint density at radius 2 is 2.14 bits per heavy atom. The van der Waals surface area contributed by atoms with E-state index < -0.39 is 0 Å². The molecule has 5 heteroatoms. The van der Waals surface area contributed by atoms with Crippen LogP contribution in [0.1, 0.15) is 32.3 Å². The van der Waals surface area contributed by atoms with Gasteiger partial charge in [0.1, 0.15) is 0 Å². The molecule has 1 aliphatic heterocycles. The van der Waals surface area contributed by atoms with Gasteiger partial charge < -0.3 is 5.32 Å². The molecule has 0 bridgehead atoms. The standard InChI is InChI=1S/C16H25BrN2S2/c1-3-5-19-14(9-12-8-13(17)11-18-10-12)16-15(4-2)20-6-7-21-16/h8,10-11,14-16,19H,3-7,9H2,1-2H3. The van der Waals surface area contributed by atoms with Crippen LogP contribution in [0.25, 0.3) is 0 Å². The van der Waals surface area contributed by atoms with E-state index in [0.29, 0.717) is 11.3 Å². The van der Waals surface area contributed by atoms with Crippen molar-refractivity contribution >= 4 is 39.5 Å². The van der Waals surface area contributed by atoms with Crippen LogP contribution in [0.3, 0.4) is 0 Å². The van der Waals surface area contributed by atoms with Crippen LogP contribution in [0, 0.1) is 0 Å². The average molecular weight is 389 g/mol. The zero-order valence-corrected chi connectivity index (χ0v) is 16.1. The second-order valence-electron chi connectivity index (χ2n) is 5.43. The Bertz CT molecular complexity index is 430. The minimum Gasteiger partial charge on any atom is -0.313 e. The van der Waals surface area contributed by atoms with Crippen LogP contribution in [0.5, 0.6) is 0 Å². The van der Waals surface area contributed by atoms with Crippen LogP contribution < -0.4 is 5.32 Å². The Balaban J connectivity index is 2.09. The van der Waals surface area contributed by atoms with Crippen LogP contribution in [-0.2, 0) is 6.42 Å². The molecule has 0 saturated carbocycles. The molecule has 1 fully saturated rings. The molecule has 0 spiro atoms. The Morgan fingerprint density at radius 1 is 1.33 bits per heavy atom. The minimum absolute atomic E-state index is 0.545. The summed E-state index contributed by atoms with van der Waals surface area (Å²) in [6, 6.07) is 2.75. The number of hydrogen-bond donors (Lipinski definition) is 1. The van der Waals surface area contributed by atoms with Crippen LogP contribution in [-0.4, -0.2) is 39.6 Å². The monoisotopic (exact) mass is 388 g/mol. The first-order valence-electron chi connectivity index (χ1n) is 7.80. The van der Waals surface area contributed by atoms with Gasteiger partial charge in [0.25, 0.3) is 0 Å². The molecule has 1 aliphatic rings. The van der Waals surface area contributed by atoms with E-state index in [9.17, 15) is 0 Å². The summed E-state index contributed by atoms with van der Waals surface area (Å²) in [7, 11) is 0. The number of aromatic nitrogens is 1. The molecule has 0 aliphatic carbocycles. The van der Waals surface area contributed by atoms with E-state index in [1.165, 1.54) is 29.9 Å². The van der Waals surface area contributed by atoms with Crippen molar-refractivity contribution in [2.45, 2.75) is 49.7 Å². The molecule has 1 aromatic rings. The number of pyridine rings is 1. The molecule has 0 amide bonds. The zero-order valence-electron chi connectivity index (χ0n) is 12.8. The second-order valence-corrected chi connectivity index (χ2v) is 8.98. The molecule has 1 saturated heterocycles. The van der Waals surface area contributed by atoms with Gasteiger partial charge in [-0.3, -0.25) is 4.98 Å². The van der Waals surface area contributed by atoms with Crippen molar-refractivity contribution in [3.05, 3.63) is 28.5 Å². The first kappa shape index (κ1) is 17.6. The molecule has 2 rings (SSSR count). The van der Waals surface area contributed by atoms with Crippen molar-refractivity contribution in [2.75, 3.05) is 18.1 Å². The molecular formula is C16H25BrN2S2. The highest BCUT2D eigenvalue weighted by Crippen LogP contribution is 2.36. The van der Waals surface area contributed by atoms with Crippen LogP contribution in [0.15, 0.2) is 22.9 Å². The molecule has 3 atom stereocenters. The van der Waals surface area contributed by atoms with E-state index >= 15 is 0 Å². The van der Waals surface area contributed by atoms with Crippen molar-refractivity contribution in [3.63, 3.8) is 0 Å². The molecule has 0 aromatic carbocycles. The summed E-state index contributed by atoms with van der Waals surface area (Å²) in [5.74, 6) is 2.59. The number of thioether (sulfide) groups is 2. The number of halogens is 1. The van der Waals surface area contributed by atoms with Crippen molar-refractivity contribution < 1.29 is 0 Å². The third kappa shape index (κ3) is 5.45. The highest BCUT2D eigenvalue weighted by Gasteiger charge is 2.31. The van der Waals surface area contributed by atoms with Gasteiger partial charge in [-0.15, -0.1) is 0 Å². The lowest BCUT2D eigenvalue weighted by molar-refractivity contribution is 0.477. The molecule has 1 N–H and O–H groups in total. The smallest absolute Gasteiger partial charge is 0.0410 e. The fourth-order valence-electron chi connectivity index (χ4n) is 2.77. The van der Waals surface area contributed by atoms with Crippen molar-refractivity contribution in [1.29, 1.82) is 0 Å². The third-order valence-electron chi connectivity index (χ3n) is 3.76. The molecule has 2 nitrogen and oxygen atoms in total. The van der Waals surface area contributed by atoms with Gasteiger partial charge in [0, 0.05) is 44.9 Å². The highest BCUT2D eigenvalue weighted by molar-refractivity contribution is 9.10. The largest absolute Gasteiger partial charge is 0.313 e. The lowest BCUT2D eigenvalue weighted by Gasteiger charge is -2.36. The van der Waals surface area contributed by atoms with Gasteiger partial charge in [0.2, 0.25) is 0 Å². The first-order chi connectivity index (χ1) is 10.2. The van der Waals surface area contributed by atoms with Crippen LogP contribution in [0.2, 0.25) is 0 Å². The summed E-state index contributed by atoms with van der Waals surface area (Å²) >= 11 is 7.86. The first-order valence-corrected chi connectivity index (χ1v) is 10.7. The molecule has 21 heavy (non-hydrogen) atoms. The van der Waals surface area contributed by atoms with Gasteiger partial charge in [-0.25, -0.2) is 0 Å². The van der Waals surface area contributed by atoms with E-state index in [1.807, 2.05) is 12.4 Å². The Hall–Kier alpha value is 0.290. The number of hydrogen-bond acceptors (Lipinski definition) is 4. The highest BCUT2D eigenvalue weighted by atomic mass is 79.9. The van der Waals surface area contributed by atoms with Gasteiger partial charge in [0.05, 0.1) is 0 Å². The minimum atomic E-state index is 0.545. The quantitative estimate of drug-likeness (QED) is 0.748. The predicted octanol–water partition coefficient (Wildman–Crippen LogP) is 4.38. The predicted molar refractivity (Wildman–Crippen MR) is 101 cm³/mol. The van der Waals surface area contributed by atoms with E-state index in [1.54, 1.807) is 0 Å².